The molecule has 5 aromatic carbocycles. The summed E-state index contributed by atoms with van der Waals surface area (Å²) in [6, 6.07) is 41.3. The Morgan fingerprint density at radius 2 is 1.40 bits per heavy atom. The summed E-state index contributed by atoms with van der Waals surface area (Å²) in [6.45, 7) is 4.74. The molecule has 6 aromatic rings. The summed E-state index contributed by atoms with van der Waals surface area (Å²) in [5, 5.41) is 4.02. The van der Waals surface area contributed by atoms with Crippen LogP contribution in [0.15, 0.2) is 133 Å². The van der Waals surface area contributed by atoms with E-state index >= 15 is 0 Å². The van der Waals surface area contributed by atoms with Crippen molar-refractivity contribution in [3.05, 3.63) is 161 Å². The van der Waals surface area contributed by atoms with Crippen molar-refractivity contribution in [1.29, 1.82) is 0 Å². The maximum Gasteiger partial charge on any atom is 0.0629 e. The molecule has 0 bridgehead atoms. The Balaban J connectivity index is 1.10. The van der Waals surface area contributed by atoms with Gasteiger partial charge in [0.25, 0.3) is 0 Å². The van der Waals surface area contributed by atoms with Crippen LogP contribution in [0, 0.1) is 0 Å². The van der Waals surface area contributed by atoms with Gasteiger partial charge in [0, 0.05) is 44.3 Å². The number of aromatic nitrogens is 1. The molecule has 2 nitrogen and oxygen atoms in total. The molecule has 0 amide bonds. The van der Waals surface area contributed by atoms with Gasteiger partial charge < -0.3 is 9.47 Å². The second-order valence-electron chi connectivity index (χ2n) is 14.0. The summed E-state index contributed by atoms with van der Waals surface area (Å²) in [4.78, 5) is 2.58. The molecule has 0 radical (unpaired) electrons. The lowest BCUT2D eigenvalue weighted by molar-refractivity contribution is 0.659. The van der Waals surface area contributed by atoms with E-state index < -0.39 is 0 Å². The molecule has 4 aliphatic rings. The molecule has 10 rings (SSSR count). The minimum absolute atomic E-state index is 0.0253. The van der Waals surface area contributed by atoms with Gasteiger partial charge in [-0.2, -0.15) is 0 Å². The molecule has 0 spiro atoms. The van der Waals surface area contributed by atoms with E-state index in [2.05, 4.69) is 169 Å². The summed E-state index contributed by atoms with van der Waals surface area (Å²) >= 11 is 0. The first-order valence-electron chi connectivity index (χ1n) is 17.0. The maximum atomic E-state index is 2.58. The van der Waals surface area contributed by atoms with Crippen LogP contribution in [0.25, 0.3) is 51.0 Å². The Kier molecular flexibility index (Phi) is 5.61. The number of benzene rings is 5. The van der Waals surface area contributed by atoms with Gasteiger partial charge in [-0.05, 0) is 100 Å². The SMILES string of the molecule is CC1(C)c2ccccc2-c2ccc(N3c4ccc(-c5ccc6c(c5)c5c(n6-c6ccccc6)=CCCC=5)cc4C4C=CC=CC43)cc21. The van der Waals surface area contributed by atoms with E-state index in [0.717, 1.165) is 12.8 Å². The van der Waals surface area contributed by atoms with Gasteiger partial charge in [-0.25, -0.2) is 0 Å². The summed E-state index contributed by atoms with van der Waals surface area (Å²) in [7, 11) is 0. The lowest BCUT2D eigenvalue weighted by atomic mass is 9.82. The predicted octanol–water partition coefficient (Wildman–Crippen LogP) is 9.69. The van der Waals surface area contributed by atoms with Crippen molar-refractivity contribution in [2.24, 2.45) is 0 Å². The van der Waals surface area contributed by atoms with Gasteiger partial charge in [0.05, 0.1) is 11.6 Å². The Bertz CT molecular complexity index is 2450. The standard InChI is InChI=1S/C45H36N2/c1-45(2)39-17-9-6-14-33(39)34-23-22-32(28-40(34)45)47-42-19-11-8-16-36(42)38-27-30(21-25-44(38)47)29-20-24-43-37(26-29)35-15-7-10-18-41(35)46(43)31-12-4-3-5-13-31/h3-6,8-9,11-28,36,42H,7,10H2,1-2H3. The van der Waals surface area contributed by atoms with E-state index in [1.54, 1.807) is 0 Å². The first-order chi connectivity index (χ1) is 23.1. The molecule has 2 unspecified atom stereocenters. The zero-order valence-electron chi connectivity index (χ0n) is 26.8. The third-order valence-electron chi connectivity index (χ3n) is 11.1. The second kappa shape index (κ2) is 9.83. The molecule has 47 heavy (non-hydrogen) atoms. The number of nitrogens with zero attached hydrogens (tertiary/aromatic N) is 2. The van der Waals surface area contributed by atoms with Gasteiger partial charge in [-0.3, -0.25) is 0 Å². The minimum atomic E-state index is -0.0253. The number of hydrogen-bond donors (Lipinski definition) is 0. The largest absolute Gasteiger partial charge is 0.333 e. The zero-order valence-corrected chi connectivity index (χ0v) is 26.8. The van der Waals surface area contributed by atoms with Crippen LogP contribution >= 0.6 is 0 Å². The smallest absolute Gasteiger partial charge is 0.0629 e. The molecular formula is C45H36N2. The van der Waals surface area contributed by atoms with Gasteiger partial charge in [0.15, 0.2) is 0 Å². The number of para-hydroxylation sites is 1. The van der Waals surface area contributed by atoms with Crippen LogP contribution in [0.4, 0.5) is 11.4 Å². The van der Waals surface area contributed by atoms with Crippen LogP contribution < -0.4 is 15.5 Å². The highest BCUT2D eigenvalue weighted by Gasteiger charge is 2.40. The van der Waals surface area contributed by atoms with Crippen molar-refractivity contribution in [2.45, 2.75) is 44.1 Å². The monoisotopic (exact) mass is 604 g/mol. The van der Waals surface area contributed by atoms with Crippen molar-refractivity contribution in [2.75, 3.05) is 4.90 Å². The summed E-state index contributed by atoms with van der Waals surface area (Å²) < 4.78 is 2.44. The first-order valence-corrected chi connectivity index (χ1v) is 17.0. The topological polar surface area (TPSA) is 8.17 Å². The molecule has 226 valence electrons. The van der Waals surface area contributed by atoms with E-state index in [0.29, 0.717) is 5.92 Å². The third kappa shape index (κ3) is 3.79. The van der Waals surface area contributed by atoms with E-state index in [-0.39, 0.29) is 11.5 Å². The quantitative estimate of drug-likeness (QED) is 0.195. The molecule has 0 saturated carbocycles. The van der Waals surface area contributed by atoms with E-state index in [4.69, 9.17) is 0 Å². The van der Waals surface area contributed by atoms with Gasteiger partial charge in [0.1, 0.15) is 0 Å². The van der Waals surface area contributed by atoms with Gasteiger partial charge in [-0.15, -0.1) is 0 Å². The van der Waals surface area contributed by atoms with Crippen LogP contribution in [-0.4, -0.2) is 10.6 Å². The highest BCUT2D eigenvalue weighted by Crippen LogP contribution is 2.53. The maximum absolute atomic E-state index is 2.58. The molecule has 3 aliphatic carbocycles. The van der Waals surface area contributed by atoms with Crippen LogP contribution in [0.1, 0.15) is 49.3 Å². The average molecular weight is 605 g/mol. The molecule has 1 aliphatic heterocycles. The van der Waals surface area contributed by atoms with Crippen molar-refractivity contribution < 1.29 is 0 Å². The van der Waals surface area contributed by atoms with E-state index in [9.17, 15) is 0 Å². The second-order valence-corrected chi connectivity index (χ2v) is 14.0. The Morgan fingerprint density at radius 3 is 2.32 bits per heavy atom. The lowest BCUT2D eigenvalue weighted by Gasteiger charge is -2.30. The number of hydrogen-bond acceptors (Lipinski definition) is 1. The van der Waals surface area contributed by atoms with Crippen LogP contribution in [0.3, 0.4) is 0 Å². The highest BCUT2D eigenvalue weighted by atomic mass is 15.2. The van der Waals surface area contributed by atoms with Crippen LogP contribution in [0.5, 0.6) is 0 Å². The van der Waals surface area contributed by atoms with Gasteiger partial charge in [-0.1, -0.05) is 111 Å². The van der Waals surface area contributed by atoms with Crippen molar-refractivity contribution in [1.82, 2.24) is 4.57 Å². The van der Waals surface area contributed by atoms with Crippen LogP contribution in [0.2, 0.25) is 0 Å². The van der Waals surface area contributed by atoms with Crippen molar-refractivity contribution >= 4 is 34.4 Å². The van der Waals surface area contributed by atoms with Gasteiger partial charge >= 0.3 is 0 Å². The molecule has 2 heteroatoms. The fraction of sp³-hybridized carbons (Fsp3) is 0.156. The van der Waals surface area contributed by atoms with Crippen LogP contribution in [-0.2, 0) is 5.41 Å². The van der Waals surface area contributed by atoms with E-state index in [1.165, 1.54) is 77.5 Å². The average Bonchev–Trinajstić information content (AvgIpc) is 3.71. The number of rotatable bonds is 3. The number of anilines is 2. The normalized spacial score (nSPS) is 19.4. The van der Waals surface area contributed by atoms with Gasteiger partial charge in [0.2, 0.25) is 0 Å². The summed E-state index contributed by atoms with van der Waals surface area (Å²) in [5.41, 5.74) is 14.6. The summed E-state index contributed by atoms with van der Waals surface area (Å²) in [6.07, 6.45) is 16.2. The molecule has 0 saturated heterocycles. The minimum Gasteiger partial charge on any atom is -0.333 e. The lowest BCUT2D eigenvalue weighted by Crippen LogP contribution is -2.30. The third-order valence-corrected chi connectivity index (χ3v) is 11.1. The molecule has 1 aromatic heterocycles. The molecule has 0 fully saturated rings. The molecule has 2 atom stereocenters. The Hall–Kier alpha value is -5.34. The first kappa shape index (κ1) is 26.8. The van der Waals surface area contributed by atoms with Crippen molar-refractivity contribution in [3.8, 4) is 27.9 Å². The fourth-order valence-electron chi connectivity index (χ4n) is 8.90. The Labute approximate surface area is 275 Å². The van der Waals surface area contributed by atoms with E-state index in [1.807, 2.05) is 0 Å². The molecule has 2 heterocycles. The number of allylic oxidation sites excluding steroid dienone is 2. The zero-order chi connectivity index (χ0) is 31.3. The number of fused-ring (bicyclic) bond motifs is 9. The molecule has 0 N–H and O–H groups in total. The fourth-order valence-corrected chi connectivity index (χ4v) is 8.90. The summed E-state index contributed by atoms with van der Waals surface area (Å²) in [5.74, 6) is 0.312. The van der Waals surface area contributed by atoms with Crippen molar-refractivity contribution in [3.63, 3.8) is 0 Å². The highest BCUT2D eigenvalue weighted by molar-refractivity contribution is 5.90. The predicted molar refractivity (Wildman–Crippen MR) is 197 cm³/mol. The molecular weight excluding hydrogens is 569 g/mol. The Morgan fingerprint density at radius 1 is 0.638 bits per heavy atom.